The smallest absolute Gasteiger partial charge is 0.335 e. The van der Waals surface area contributed by atoms with E-state index in [1.165, 1.54) is 52.7 Å². The van der Waals surface area contributed by atoms with Gasteiger partial charge in [-0.2, -0.15) is 4.68 Å². The zero-order valence-corrected chi connectivity index (χ0v) is 20.1. The monoisotopic (exact) mass is 522 g/mol. The van der Waals surface area contributed by atoms with Crippen LogP contribution in [0.5, 0.6) is 0 Å². The van der Waals surface area contributed by atoms with Gasteiger partial charge in [-0.3, -0.25) is 9.59 Å². The molecule has 1 unspecified atom stereocenters. The lowest BCUT2D eigenvalue weighted by atomic mass is 10.1. The summed E-state index contributed by atoms with van der Waals surface area (Å²) in [5.74, 6) is -1.99. The number of carboxylic acids is 1. The Balaban J connectivity index is 1.50. The van der Waals surface area contributed by atoms with E-state index in [0.29, 0.717) is 22.0 Å². The number of benzene rings is 2. The van der Waals surface area contributed by atoms with Crippen LogP contribution in [0.4, 0.5) is 5.69 Å². The first-order valence-electron chi connectivity index (χ1n) is 10.6. The average molecular weight is 523 g/mol. The third-order valence-electron chi connectivity index (χ3n) is 5.02. The maximum absolute atomic E-state index is 13.0. The zero-order chi connectivity index (χ0) is 25.5. The maximum atomic E-state index is 13.0. The summed E-state index contributed by atoms with van der Waals surface area (Å²) in [4.78, 5) is 37.8. The van der Waals surface area contributed by atoms with Crippen LogP contribution < -0.4 is 10.6 Å². The SMILES string of the molecule is O=C(C=Cc1cc(Cl)ccc1-n1cnnn1)NC(Cc1cccs1)C(=O)Nc1ccc(C(=O)O)cc1. The molecule has 4 aromatic rings. The number of rotatable bonds is 9. The highest BCUT2D eigenvalue weighted by atomic mass is 35.5. The first-order valence-corrected chi connectivity index (χ1v) is 11.8. The van der Waals surface area contributed by atoms with Gasteiger partial charge >= 0.3 is 5.97 Å². The Morgan fingerprint density at radius 2 is 1.94 bits per heavy atom. The summed E-state index contributed by atoms with van der Waals surface area (Å²) < 4.78 is 1.44. The van der Waals surface area contributed by atoms with E-state index in [4.69, 9.17) is 16.7 Å². The molecule has 2 aromatic heterocycles. The Hall–Kier alpha value is -4.35. The number of tetrazole rings is 1. The van der Waals surface area contributed by atoms with Crippen LogP contribution in [0.15, 0.2) is 72.4 Å². The fourth-order valence-electron chi connectivity index (χ4n) is 3.29. The number of aromatic nitrogens is 4. The van der Waals surface area contributed by atoms with Crippen molar-refractivity contribution in [3.8, 4) is 5.69 Å². The molecule has 0 bridgehead atoms. The number of anilines is 1. The number of nitrogens with one attached hydrogen (secondary N) is 2. The molecule has 2 heterocycles. The van der Waals surface area contributed by atoms with E-state index in [9.17, 15) is 14.4 Å². The number of amides is 2. The summed E-state index contributed by atoms with van der Waals surface area (Å²) in [5, 5.41) is 28.0. The second kappa shape index (κ2) is 11.4. The number of aromatic carboxylic acids is 1. The van der Waals surface area contributed by atoms with Crippen molar-refractivity contribution in [3.63, 3.8) is 0 Å². The molecular weight excluding hydrogens is 504 g/mol. The molecule has 4 rings (SSSR count). The molecule has 0 fully saturated rings. The van der Waals surface area contributed by atoms with Gasteiger partial charge in [0.1, 0.15) is 12.4 Å². The largest absolute Gasteiger partial charge is 0.478 e. The van der Waals surface area contributed by atoms with Crippen LogP contribution in [0.25, 0.3) is 11.8 Å². The fraction of sp³-hybridized carbons (Fsp3) is 0.0833. The Kier molecular flexibility index (Phi) is 7.83. The van der Waals surface area contributed by atoms with Crippen molar-refractivity contribution in [1.29, 1.82) is 0 Å². The molecule has 2 aromatic carbocycles. The Labute approximate surface area is 214 Å². The molecule has 1 atom stereocenters. The lowest BCUT2D eigenvalue weighted by Gasteiger charge is -2.17. The molecule has 0 aliphatic carbocycles. The van der Waals surface area contributed by atoms with Gasteiger partial charge in [-0.1, -0.05) is 17.7 Å². The quantitative estimate of drug-likeness (QED) is 0.286. The van der Waals surface area contributed by atoms with Gasteiger partial charge < -0.3 is 15.7 Å². The highest BCUT2D eigenvalue weighted by Crippen LogP contribution is 2.20. The maximum Gasteiger partial charge on any atom is 0.335 e. The number of thiophene rings is 1. The van der Waals surface area contributed by atoms with Crippen molar-refractivity contribution in [2.45, 2.75) is 12.5 Å². The van der Waals surface area contributed by atoms with Crippen LogP contribution >= 0.6 is 22.9 Å². The molecule has 10 nitrogen and oxygen atoms in total. The van der Waals surface area contributed by atoms with Gasteiger partial charge in [-0.15, -0.1) is 16.4 Å². The van der Waals surface area contributed by atoms with Gasteiger partial charge in [0.25, 0.3) is 0 Å². The van der Waals surface area contributed by atoms with Crippen molar-refractivity contribution >= 4 is 52.5 Å². The first kappa shape index (κ1) is 24.8. The molecule has 0 saturated carbocycles. The number of carbonyl (C=O) groups is 3. The lowest BCUT2D eigenvalue weighted by molar-refractivity contribution is -0.123. The minimum absolute atomic E-state index is 0.101. The van der Waals surface area contributed by atoms with Crippen molar-refractivity contribution < 1.29 is 19.5 Å². The second-order valence-corrected chi connectivity index (χ2v) is 8.98. The van der Waals surface area contributed by atoms with Gasteiger partial charge in [0, 0.05) is 33.6 Å². The molecule has 0 aliphatic heterocycles. The third kappa shape index (κ3) is 6.40. The highest BCUT2D eigenvalue weighted by Gasteiger charge is 2.21. The van der Waals surface area contributed by atoms with E-state index < -0.39 is 23.8 Å². The molecule has 0 aliphatic rings. The number of carbonyl (C=O) groups excluding carboxylic acids is 2. The summed E-state index contributed by atoms with van der Waals surface area (Å²) in [7, 11) is 0. The minimum atomic E-state index is -1.06. The molecule has 3 N–H and O–H groups in total. The van der Waals surface area contributed by atoms with Crippen molar-refractivity contribution in [3.05, 3.63) is 93.4 Å². The predicted octanol–water partition coefficient (Wildman–Crippen LogP) is 3.45. The summed E-state index contributed by atoms with van der Waals surface area (Å²) >= 11 is 7.59. The van der Waals surface area contributed by atoms with Gasteiger partial charge in [0.2, 0.25) is 11.8 Å². The third-order valence-corrected chi connectivity index (χ3v) is 6.15. The number of nitrogens with zero attached hydrogens (tertiary/aromatic N) is 4. The van der Waals surface area contributed by atoms with E-state index in [2.05, 4.69) is 26.2 Å². The van der Waals surface area contributed by atoms with Gasteiger partial charge in [-0.05, 0) is 70.4 Å². The van der Waals surface area contributed by atoms with Crippen LogP contribution in [0, 0.1) is 0 Å². The number of hydrogen-bond acceptors (Lipinski definition) is 7. The van der Waals surface area contributed by atoms with Crippen LogP contribution in [-0.2, 0) is 16.0 Å². The molecule has 36 heavy (non-hydrogen) atoms. The highest BCUT2D eigenvalue weighted by molar-refractivity contribution is 7.09. The standard InChI is InChI=1S/C24H19ClN6O4S/c25-17-6-9-21(31-14-26-29-30-31)16(12-17)5-10-22(32)28-20(13-19-2-1-11-36-19)23(33)27-18-7-3-15(4-8-18)24(34)35/h1-12,14,20H,13H2,(H,27,33)(H,28,32)(H,34,35). The molecule has 182 valence electrons. The van der Waals surface area contributed by atoms with Crippen LogP contribution in [0.3, 0.4) is 0 Å². The molecule has 0 spiro atoms. The topological polar surface area (TPSA) is 139 Å². The van der Waals surface area contributed by atoms with E-state index in [1.807, 2.05) is 17.5 Å². The molecule has 0 saturated heterocycles. The second-order valence-electron chi connectivity index (χ2n) is 7.51. The molecule has 12 heteroatoms. The molecular formula is C24H19ClN6O4S. The normalized spacial score (nSPS) is 11.8. The molecule has 0 radical (unpaired) electrons. The fourth-order valence-corrected chi connectivity index (χ4v) is 4.22. The van der Waals surface area contributed by atoms with Crippen molar-refractivity contribution in [2.24, 2.45) is 0 Å². The van der Waals surface area contributed by atoms with E-state index in [1.54, 1.807) is 24.3 Å². The van der Waals surface area contributed by atoms with Crippen LogP contribution in [-0.4, -0.2) is 49.1 Å². The van der Waals surface area contributed by atoms with Crippen molar-refractivity contribution in [2.75, 3.05) is 5.32 Å². The Morgan fingerprint density at radius 1 is 1.14 bits per heavy atom. The summed E-state index contributed by atoms with van der Waals surface area (Å²) in [6.07, 6.45) is 4.56. The minimum Gasteiger partial charge on any atom is -0.478 e. The number of carboxylic acid groups (broad SMARTS) is 1. The summed E-state index contributed by atoms with van der Waals surface area (Å²) in [5.41, 5.74) is 1.73. The van der Waals surface area contributed by atoms with Crippen LogP contribution in [0.1, 0.15) is 20.8 Å². The van der Waals surface area contributed by atoms with E-state index in [0.717, 1.165) is 4.88 Å². The van der Waals surface area contributed by atoms with E-state index in [-0.39, 0.29) is 12.0 Å². The number of halogens is 1. The van der Waals surface area contributed by atoms with Crippen molar-refractivity contribution in [1.82, 2.24) is 25.5 Å². The van der Waals surface area contributed by atoms with Gasteiger partial charge in [0.05, 0.1) is 11.3 Å². The van der Waals surface area contributed by atoms with Gasteiger partial charge in [-0.25, -0.2) is 4.79 Å². The van der Waals surface area contributed by atoms with E-state index >= 15 is 0 Å². The van der Waals surface area contributed by atoms with Gasteiger partial charge in [0.15, 0.2) is 0 Å². The average Bonchev–Trinajstić information content (AvgIpc) is 3.57. The molecule has 2 amide bonds. The Morgan fingerprint density at radius 3 is 2.61 bits per heavy atom. The zero-order valence-electron chi connectivity index (χ0n) is 18.5. The Bertz CT molecular complexity index is 1390. The van der Waals surface area contributed by atoms with Crippen LogP contribution in [0.2, 0.25) is 5.02 Å². The number of hydrogen-bond donors (Lipinski definition) is 3. The summed E-state index contributed by atoms with van der Waals surface area (Å²) in [6, 6.07) is 13.7. The lowest BCUT2D eigenvalue weighted by Crippen LogP contribution is -2.44. The summed E-state index contributed by atoms with van der Waals surface area (Å²) in [6.45, 7) is 0. The predicted molar refractivity (Wildman–Crippen MR) is 135 cm³/mol. The first-order chi connectivity index (χ1) is 17.4.